The maximum atomic E-state index is 11.8. The third-order valence-electron chi connectivity index (χ3n) is 5.57. The van der Waals surface area contributed by atoms with Crippen molar-refractivity contribution in [1.82, 2.24) is 19.0 Å². The van der Waals surface area contributed by atoms with Crippen LogP contribution in [0, 0.1) is 0 Å². The van der Waals surface area contributed by atoms with E-state index in [1.54, 1.807) is 11.1 Å². The Morgan fingerprint density at radius 1 is 1.35 bits per heavy atom. The third kappa shape index (κ3) is 3.38. The van der Waals surface area contributed by atoms with Crippen LogP contribution in [0.2, 0.25) is 0 Å². The largest absolute Gasteiger partial charge is 0.387 e. The van der Waals surface area contributed by atoms with Gasteiger partial charge in [-0.15, -0.1) is 0 Å². The fourth-order valence-corrected chi connectivity index (χ4v) is 4.97. The van der Waals surface area contributed by atoms with Crippen LogP contribution < -0.4 is 4.90 Å². The van der Waals surface area contributed by atoms with Gasteiger partial charge in [0.2, 0.25) is 15.9 Å². The number of nitrogens with zero attached hydrogens (tertiary/aromatic N) is 5. The van der Waals surface area contributed by atoms with Crippen LogP contribution in [0.4, 0.5) is 5.69 Å². The zero-order valence-electron chi connectivity index (χ0n) is 14.9. The van der Waals surface area contributed by atoms with Gasteiger partial charge in [-0.1, -0.05) is 0 Å². The average molecular weight is 383 g/mol. The first-order valence-electron chi connectivity index (χ1n) is 8.98. The molecule has 1 aromatic heterocycles. The van der Waals surface area contributed by atoms with Crippen molar-refractivity contribution in [2.75, 3.05) is 50.4 Å². The van der Waals surface area contributed by atoms with Crippen molar-refractivity contribution < 1.29 is 18.3 Å². The van der Waals surface area contributed by atoms with Crippen LogP contribution in [0.3, 0.4) is 0 Å². The van der Waals surface area contributed by atoms with Gasteiger partial charge < -0.3 is 10.0 Å². The number of anilines is 1. The molecule has 4 heterocycles. The molecule has 1 N–H and O–H groups in total. The second-order valence-electron chi connectivity index (χ2n) is 7.75. The van der Waals surface area contributed by atoms with E-state index in [1.807, 2.05) is 10.9 Å². The van der Waals surface area contributed by atoms with Crippen molar-refractivity contribution in [3.05, 3.63) is 12.4 Å². The van der Waals surface area contributed by atoms with Crippen molar-refractivity contribution in [3.8, 4) is 0 Å². The lowest BCUT2D eigenvalue weighted by Crippen LogP contribution is -2.55. The molecule has 10 heteroatoms. The van der Waals surface area contributed by atoms with Crippen LogP contribution >= 0.6 is 0 Å². The molecule has 3 fully saturated rings. The van der Waals surface area contributed by atoms with Crippen LogP contribution in [-0.4, -0.2) is 89.5 Å². The van der Waals surface area contributed by atoms with Gasteiger partial charge in [0.05, 0.1) is 29.8 Å². The highest BCUT2D eigenvalue weighted by atomic mass is 32.2. The second-order valence-corrected chi connectivity index (χ2v) is 9.73. The maximum absolute atomic E-state index is 11.8. The van der Waals surface area contributed by atoms with Crippen molar-refractivity contribution in [3.63, 3.8) is 0 Å². The lowest BCUT2D eigenvalue weighted by atomic mass is 9.99. The second kappa shape index (κ2) is 6.29. The summed E-state index contributed by atoms with van der Waals surface area (Å²) >= 11 is 0. The van der Waals surface area contributed by atoms with Crippen molar-refractivity contribution in [2.24, 2.45) is 0 Å². The first-order chi connectivity index (χ1) is 12.2. The Morgan fingerprint density at radius 3 is 2.73 bits per heavy atom. The molecule has 3 saturated heterocycles. The van der Waals surface area contributed by atoms with Crippen LogP contribution in [0.1, 0.15) is 25.3 Å². The standard InChI is InChI=1S/C16H25N5O4S/c1-26(24,25)19-6-4-16(23,12-19)11-18-8-14(9-18)21-10-13(7-17-21)20-5-2-3-15(20)22/h7,10,14,23H,2-6,8-9,11-12H2,1H3. The van der Waals surface area contributed by atoms with Crippen molar-refractivity contribution >= 4 is 21.6 Å². The molecular weight excluding hydrogens is 358 g/mol. The third-order valence-corrected chi connectivity index (χ3v) is 6.82. The van der Waals surface area contributed by atoms with E-state index < -0.39 is 15.6 Å². The summed E-state index contributed by atoms with van der Waals surface area (Å²) < 4.78 is 26.5. The van der Waals surface area contributed by atoms with E-state index in [0.717, 1.165) is 31.7 Å². The summed E-state index contributed by atoms with van der Waals surface area (Å²) in [5.41, 5.74) is -0.130. The predicted octanol–water partition coefficient (Wildman–Crippen LogP) is -0.737. The van der Waals surface area contributed by atoms with Crippen LogP contribution in [0.25, 0.3) is 0 Å². The number of hydrogen-bond acceptors (Lipinski definition) is 6. The Hall–Kier alpha value is -1.49. The molecule has 26 heavy (non-hydrogen) atoms. The van der Waals surface area contributed by atoms with E-state index in [-0.39, 0.29) is 18.5 Å². The molecule has 9 nitrogen and oxygen atoms in total. The lowest BCUT2D eigenvalue weighted by Gasteiger charge is -2.42. The van der Waals surface area contributed by atoms with Gasteiger partial charge in [-0.3, -0.25) is 14.4 Å². The SMILES string of the molecule is CS(=O)(=O)N1CCC(O)(CN2CC(n3cc(N4CCCC4=O)cn3)C2)C1. The maximum Gasteiger partial charge on any atom is 0.227 e. The van der Waals surface area contributed by atoms with Gasteiger partial charge in [0.25, 0.3) is 0 Å². The van der Waals surface area contributed by atoms with Gasteiger partial charge in [-0.2, -0.15) is 9.40 Å². The number of β-amino-alcohol motifs (C(OH)–C–C–N with tert-alkyl or cyclic N) is 1. The molecule has 1 unspecified atom stereocenters. The Balaban J connectivity index is 1.31. The molecule has 3 aliphatic rings. The van der Waals surface area contributed by atoms with Crippen LogP contribution in [0.15, 0.2) is 12.4 Å². The van der Waals surface area contributed by atoms with Crippen molar-refractivity contribution in [2.45, 2.75) is 30.9 Å². The summed E-state index contributed by atoms with van der Waals surface area (Å²) in [5.74, 6) is 0.152. The van der Waals surface area contributed by atoms with E-state index in [4.69, 9.17) is 0 Å². The van der Waals surface area contributed by atoms with Gasteiger partial charge in [0.1, 0.15) is 0 Å². The Labute approximate surface area is 153 Å². The van der Waals surface area contributed by atoms with Crippen LogP contribution in [0.5, 0.6) is 0 Å². The van der Waals surface area contributed by atoms with E-state index in [1.165, 1.54) is 10.6 Å². The molecule has 0 spiro atoms. The number of carbonyl (C=O) groups is 1. The van der Waals surface area contributed by atoms with Gasteiger partial charge >= 0.3 is 0 Å². The number of aliphatic hydroxyl groups is 1. The monoisotopic (exact) mass is 383 g/mol. The molecule has 1 atom stereocenters. The number of carbonyl (C=O) groups excluding carboxylic acids is 1. The minimum atomic E-state index is -3.25. The Kier molecular flexibility index (Phi) is 4.33. The quantitative estimate of drug-likeness (QED) is 0.719. The molecule has 0 aliphatic carbocycles. The highest BCUT2D eigenvalue weighted by molar-refractivity contribution is 7.88. The molecule has 1 aromatic rings. The molecule has 1 amide bonds. The molecule has 0 aromatic carbocycles. The zero-order valence-corrected chi connectivity index (χ0v) is 15.7. The van der Waals surface area contributed by atoms with Gasteiger partial charge in [-0.05, 0) is 12.8 Å². The molecular formula is C16H25N5O4S. The topological polar surface area (TPSA) is 99.0 Å². The normalized spacial score (nSPS) is 28.8. The van der Waals surface area contributed by atoms with Gasteiger partial charge in [0.15, 0.2) is 0 Å². The molecule has 4 rings (SSSR count). The number of rotatable bonds is 5. The predicted molar refractivity (Wildman–Crippen MR) is 95.3 cm³/mol. The first kappa shape index (κ1) is 17.9. The molecule has 0 saturated carbocycles. The number of likely N-dealkylation sites (tertiary alicyclic amines) is 1. The summed E-state index contributed by atoms with van der Waals surface area (Å²) in [5, 5.41) is 15.1. The Bertz CT molecular complexity index is 803. The fraction of sp³-hybridized carbons (Fsp3) is 0.750. The van der Waals surface area contributed by atoms with Gasteiger partial charge in [-0.25, -0.2) is 8.42 Å². The molecule has 0 radical (unpaired) electrons. The molecule has 3 aliphatic heterocycles. The number of amides is 1. The van der Waals surface area contributed by atoms with Crippen molar-refractivity contribution in [1.29, 1.82) is 0 Å². The summed E-state index contributed by atoms with van der Waals surface area (Å²) in [6.45, 7) is 3.28. The molecule has 0 bridgehead atoms. The first-order valence-corrected chi connectivity index (χ1v) is 10.8. The van der Waals surface area contributed by atoms with Gasteiger partial charge in [0, 0.05) is 51.9 Å². The van der Waals surface area contributed by atoms with E-state index in [0.29, 0.717) is 25.9 Å². The Morgan fingerprint density at radius 2 is 2.12 bits per heavy atom. The number of hydrogen-bond donors (Lipinski definition) is 1. The average Bonchev–Trinajstić information content (AvgIpc) is 3.21. The van der Waals surface area contributed by atoms with E-state index in [2.05, 4.69) is 10.00 Å². The number of sulfonamides is 1. The highest BCUT2D eigenvalue weighted by Gasteiger charge is 2.43. The summed E-state index contributed by atoms with van der Waals surface area (Å²) in [7, 11) is -3.25. The highest BCUT2D eigenvalue weighted by Crippen LogP contribution is 2.30. The minimum Gasteiger partial charge on any atom is -0.387 e. The number of aromatic nitrogens is 2. The smallest absolute Gasteiger partial charge is 0.227 e. The zero-order chi connectivity index (χ0) is 18.5. The lowest BCUT2D eigenvalue weighted by molar-refractivity contribution is -0.117. The summed E-state index contributed by atoms with van der Waals surface area (Å²) in [4.78, 5) is 15.7. The van der Waals surface area contributed by atoms with Crippen LogP contribution in [-0.2, 0) is 14.8 Å². The van der Waals surface area contributed by atoms with E-state index >= 15 is 0 Å². The van der Waals surface area contributed by atoms with E-state index in [9.17, 15) is 18.3 Å². The molecule has 144 valence electrons. The minimum absolute atomic E-state index is 0.152. The summed E-state index contributed by atoms with van der Waals surface area (Å²) in [6.07, 6.45) is 6.79. The summed E-state index contributed by atoms with van der Waals surface area (Å²) in [6, 6.07) is 0.220. The fourth-order valence-electron chi connectivity index (χ4n) is 4.07.